The van der Waals surface area contributed by atoms with Crippen LogP contribution in [0.25, 0.3) is 0 Å². The smallest absolute Gasteiger partial charge is 0.410 e. The molecule has 0 saturated carbocycles. The molecule has 0 aromatic carbocycles. The van der Waals surface area contributed by atoms with E-state index in [-0.39, 0.29) is 12.0 Å². The second kappa shape index (κ2) is 7.32. The normalized spacial score (nSPS) is 25.3. The molecule has 3 saturated heterocycles. The first-order valence-electron chi connectivity index (χ1n) is 9.64. The van der Waals surface area contributed by atoms with Gasteiger partial charge in [-0.05, 0) is 25.2 Å². The Hall–Kier alpha value is -1.99. The monoisotopic (exact) mass is 366 g/mol. The van der Waals surface area contributed by atoms with Crippen LogP contribution in [0.3, 0.4) is 0 Å². The summed E-state index contributed by atoms with van der Waals surface area (Å²) in [5, 5.41) is 0. The van der Waals surface area contributed by atoms with Gasteiger partial charge in [-0.2, -0.15) is 0 Å². The number of piperidine rings is 1. The molecule has 1 unspecified atom stereocenters. The molecule has 26 heavy (non-hydrogen) atoms. The zero-order chi connectivity index (χ0) is 18.9. The van der Waals surface area contributed by atoms with Gasteiger partial charge in [-0.25, -0.2) is 9.59 Å². The summed E-state index contributed by atoms with van der Waals surface area (Å²) in [6.45, 7) is 7.25. The number of nitrogens with zero attached hydrogens (tertiary/aromatic N) is 3. The Morgan fingerprint density at radius 3 is 2.58 bits per heavy atom. The molecule has 0 aromatic rings. The third kappa shape index (κ3) is 3.73. The Kier molecular flexibility index (Phi) is 5.29. The topological polar surface area (TPSA) is 96.2 Å². The SMILES string of the molecule is CC(C)CCN1CC2(CCN(C(=O)C3CCCN3C(N)=O)CC2)OC1=O. The second-order valence-corrected chi connectivity index (χ2v) is 8.17. The van der Waals surface area contributed by atoms with E-state index in [0.717, 1.165) is 19.4 Å². The summed E-state index contributed by atoms with van der Waals surface area (Å²) >= 11 is 0. The molecule has 3 rings (SSSR count). The first kappa shape index (κ1) is 18.8. The van der Waals surface area contributed by atoms with Gasteiger partial charge in [0.15, 0.2) is 0 Å². The Morgan fingerprint density at radius 2 is 1.96 bits per heavy atom. The summed E-state index contributed by atoms with van der Waals surface area (Å²) in [6, 6.07) is -0.963. The predicted molar refractivity (Wildman–Crippen MR) is 95.4 cm³/mol. The quantitative estimate of drug-likeness (QED) is 0.813. The van der Waals surface area contributed by atoms with Crippen LogP contribution in [0.4, 0.5) is 9.59 Å². The largest absolute Gasteiger partial charge is 0.441 e. The highest BCUT2D eigenvalue weighted by Gasteiger charge is 2.48. The number of likely N-dealkylation sites (tertiary alicyclic amines) is 2. The van der Waals surface area contributed by atoms with Gasteiger partial charge < -0.3 is 25.2 Å². The third-order valence-corrected chi connectivity index (χ3v) is 5.82. The lowest BCUT2D eigenvalue weighted by Crippen LogP contribution is -2.54. The lowest BCUT2D eigenvalue weighted by molar-refractivity contribution is -0.138. The average molecular weight is 366 g/mol. The van der Waals surface area contributed by atoms with Gasteiger partial charge in [0.25, 0.3) is 0 Å². The van der Waals surface area contributed by atoms with Crippen molar-refractivity contribution in [1.82, 2.24) is 14.7 Å². The highest BCUT2D eigenvalue weighted by Crippen LogP contribution is 2.34. The molecule has 1 spiro atoms. The molecule has 2 N–H and O–H groups in total. The van der Waals surface area contributed by atoms with Crippen LogP contribution in [-0.2, 0) is 9.53 Å². The molecule has 3 heterocycles. The van der Waals surface area contributed by atoms with E-state index in [4.69, 9.17) is 10.5 Å². The van der Waals surface area contributed by atoms with Crippen molar-refractivity contribution in [2.75, 3.05) is 32.7 Å². The highest BCUT2D eigenvalue weighted by atomic mass is 16.6. The first-order chi connectivity index (χ1) is 12.3. The predicted octanol–water partition coefficient (Wildman–Crippen LogP) is 1.39. The fourth-order valence-corrected chi connectivity index (χ4v) is 4.17. The van der Waals surface area contributed by atoms with Crippen molar-refractivity contribution in [3.8, 4) is 0 Å². The van der Waals surface area contributed by atoms with Crippen LogP contribution >= 0.6 is 0 Å². The fraction of sp³-hybridized carbons (Fsp3) is 0.833. The number of amides is 4. The Morgan fingerprint density at radius 1 is 1.27 bits per heavy atom. The van der Waals surface area contributed by atoms with Crippen molar-refractivity contribution in [3.63, 3.8) is 0 Å². The number of urea groups is 1. The van der Waals surface area contributed by atoms with Crippen LogP contribution in [0, 0.1) is 5.92 Å². The van der Waals surface area contributed by atoms with E-state index < -0.39 is 17.7 Å². The maximum atomic E-state index is 12.8. The molecular weight excluding hydrogens is 336 g/mol. The van der Waals surface area contributed by atoms with Crippen LogP contribution in [0.2, 0.25) is 0 Å². The maximum absolute atomic E-state index is 12.8. The molecule has 146 valence electrons. The van der Waals surface area contributed by atoms with Gasteiger partial charge in [-0.3, -0.25) is 4.79 Å². The molecule has 4 amide bonds. The Bertz CT molecular complexity index is 572. The lowest BCUT2D eigenvalue weighted by Gasteiger charge is -2.39. The first-order valence-corrected chi connectivity index (χ1v) is 9.64. The molecule has 0 bridgehead atoms. The molecule has 0 aliphatic carbocycles. The molecule has 0 radical (unpaired) electrons. The minimum atomic E-state index is -0.528. The summed E-state index contributed by atoms with van der Waals surface area (Å²) in [5.41, 5.74) is 4.91. The van der Waals surface area contributed by atoms with Crippen LogP contribution in [0.5, 0.6) is 0 Å². The van der Waals surface area contributed by atoms with Gasteiger partial charge >= 0.3 is 12.1 Å². The van der Waals surface area contributed by atoms with Crippen molar-refractivity contribution in [1.29, 1.82) is 0 Å². The minimum Gasteiger partial charge on any atom is -0.441 e. The summed E-state index contributed by atoms with van der Waals surface area (Å²) in [4.78, 5) is 41.5. The van der Waals surface area contributed by atoms with Crippen molar-refractivity contribution in [2.45, 2.75) is 57.6 Å². The molecular formula is C18H30N4O4. The second-order valence-electron chi connectivity index (χ2n) is 8.17. The number of ether oxygens (including phenoxy) is 1. The van der Waals surface area contributed by atoms with Crippen molar-refractivity contribution >= 4 is 18.0 Å². The van der Waals surface area contributed by atoms with Crippen LogP contribution in [0.15, 0.2) is 0 Å². The summed E-state index contributed by atoms with van der Waals surface area (Å²) in [7, 11) is 0. The van der Waals surface area contributed by atoms with E-state index in [1.165, 1.54) is 4.90 Å². The number of primary amides is 1. The average Bonchev–Trinajstić information content (AvgIpc) is 3.18. The van der Waals surface area contributed by atoms with Gasteiger partial charge in [0.1, 0.15) is 11.6 Å². The van der Waals surface area contributed by atoms with Crippen molar-refractivity contribution < 1.29 is 19.1 Å². The highest BCUT2D eigenvalue weighted by molar-refractivity contribution is 5.87. The van der Waals surface area contributed by atoms with E-state index in [9.17, 15) is 14.4 Å². The van der Waals surface area contributed by atoms with E-state index in [0.29, 0.717) is 51.4 Å². The molecule has 1 atom stereocenters. The van der Waals surface area contributed by atoms with Crippen molar-refractivity contribution in [3.05, 3.63) is 0 Å². The van der Waals surface area contributed by atoms with Crippen LogP contribution < -0.4 is 5.73 Å². The zero-order valence-electron chi connectivity index (χ0n) is 15.8. The molecule has 8 heteroatoms. The number of nitrogens with two attached hydrogens (primary N) is 1. The maximum Gasteiger partial charge on any atom is 0.410 e. The molecule has 3 aliphatic rings. The minimum absolute atomic E-state index is 0.0304. The summed E-state index contributed by atoms with van der Waals surface area (Å²) < 4.78 is 5.71. The zero-order valence-corrected chi connectivity index (χ0v) is 15.8. The van der Waals surface area contributed by atoms with E-state index in [2.05, 4.69) is 13.8 Å². The Balaban J connectivity index is 1.55. The van der Waals surface area contributed by atoms with Crippen molar-refractivity contribution in [2.24, 2.45) is 11.7 Å². The molecule has 3 aliphatic heterocycles. The lowest BCUT2D eigenvalue weighted by atomic mass is 9.90. The third-order valence-electron chi connectivity index (χ3n) is 5.82. The summed E-state index contributed by atoms with van der Waals surface area (Å²) in [5.74, 6) is 0.510. The van der Waals surface area contributed by atoms with Gasteiger partial charge in [0, 0.05) is 39.0 Å². The number of carbonyl (C=O) groups excluding carboxylic acids is 3. The van der Waals surface area contributed by atoms with Gasteiger partial charge in [0.05, 0.1) is 6.54 Å². The molecule has 8 nitrogen and oxygen atoms in total. The number of rotatable bonds is 4. The standard InChI is InChI=1S/C18H30N4O4/c1-13(2)5-9-21-12-18(26-17(21)25)6-10-20(11-7-18)15(23)14-4-3-8-22(14)16(19)24/h13-14H,3-12H2,1-2H3,(H2,19,24). The number of hydrogen-bond acceptors (Lipinski definition) is 4. The van der Waals surface area contributed by atoms with Crippen LogP contribution in [0.1, 0.15) is 46.0 Å². The van der Waals surface area contributed by atoms with Gasteiger partial charge in [-0.1, -0.05) is 13.8 Å². The molecule has 3 fully saturated rings. The number of carbonyl (C=O) groups is 3. The van der Waals surface area contributed by atoms with E-state index >= 15 is 0 Å². The summed E-state index contributed by atoms with van der Waals surface area (Å²) in [6.07, 6.45) is 3.49. The Labute approximate surface area is 154 Å². The van der Waals surface area contributed by atoms with E-state index in [1.807, 2.05) is 0 Å². The van der Waals surface area contributed by atoms with E-state index in [1.54, 1.807) is 9.80 Å². The molecule has 0 aromatic heterocycles. The van der Waals surface area contributed by atoms with Gasteiger partial charge in [-0.15, -0.1) is 0 Å². The van der Waals surface area contributed by atoms with Crippen LogP contribution in [-0.4, -0.2) is 77.1 Å². The number of hydrogen-bond donors (Lipinski definition) is 1. The van der Waals surface area contributed by atoms with Gasteiger partial charge in [0.2, 0.25) is 5.91 Å². The fourth-order valence-electron chi connectivity index (χ4n) is 4.17.